The molecule has 0 unspecified atom stereocenters. The summed E-state index contributed by atoms with van der Waals surface area (Å²) in [6.45, 7) is 4.32. The number of thiazole rings is 1. The molecule has 29 heavy (non-hydrogen) atoms. The Balaban J connectivity index is 1.94. The quantitative estimate of drug-likeness (QED) is 0.643. The zero-order chi connectivity index (χ0) is 21.1. The highest BCUT2D eigenvalue weighted by atomic mass is 32.1. The van der Waals surface area contributed by atoms with Gasteiger partial charge in [-0.3, -0.25) is 9.59 Å². The van der Waals surface area contributed by atoms with Crippen LogP contribution in [0.5, 0.6) is 5.75 Å². The third kappa shape index (κ3) is 4.48. The van der Waals surface area contributed by atoms with Crippen molar-refractivity contribution in [3.05, 3.63) is 68.9 Å². The summed E-state index contributed by atoms with van der Waals surface area (Å²) < 4.78 is 12.8. The molecule has 0 N–H and O–H groups in total. The normalized spacial score (nSPS) is 11.6. The number of aromatic nitrogens is 1. The molecule has 7 nitrogen and oxygen atoms in total. The summed E-state index contributed by atoms with van der Waals surface area (Å²) in [4.78, 5) is 32.1. The first-order valence-electron chi connectivity index (χ1n) is 9.00. The highest BCUT2D eigenvalue weighted by Crippen LogP contribution is 2.16. The Bertz CT molecular complexity index is 1120. The van der Waals surface area contributed by atoms with Gasteiger partial charge in [0.2, 0.25) is 0 Å². The standard InChI is InChI=1S/C21H23N3O4S/c1-13-14(2)29-21(22-19(25)15-7-6-8-16(11-15)27-5)24(13)12-17-9-10-18(28-17)20(26)23(3)4/h6-11H,12H2,1-5H3. The molecule has 3 aromatic rings. The second kappa shape index (κ2) is 8.48. The molecule has 0 radical (unpaired) electrons. The van der Waals surface area contributed by atoms with Crippen LogP contribution < -0.4 is 9.54 Å². The molecule has 2 aromatic heterocycles. The first kappa shape index (κ1) is 20.6. The van der Waals surface area contributed by atoms with Crippen molar-refractivity contribution in [3.8, 4) is 5.75 Å². The molecule has 2 heterocycles. The molecule has 0 aliphatic heterocycles. The Labute approximate surface area is 172 Å². The number of methoxy groups -OCH3 is 1. The van der Waals surface area contributed by atoms with Gasteiger partial charge >= 0.3 is 0 Å². The number of rotatable bonds is 5. The summed E-state index contributed by atoms with van der Waals surface area (Å²) in [5.41, 5.74) is 1.44. The minimum absolute atomic E-state index is 0.197. The minimum Gasteiger partial charge on any atom is -0.497 e. The van der Waals surface area contributed by atoms with Crippen molar-refractivity contribution in [3.63, 3.8) is 0 Å². The van der Waals surface area contributed by atoms with Crippen LogP contribution >= 0.6 is 11.3 Å². The first-order chi connectivity index (χ1) is 13.8. The number of hydrogen-bond acceptors (Lipinski definition) is 5. The number of aryl methyl sites for hydroxylation is 1. The number of hydrogen-bond donors (Lipinski definition) is 0. The van der Waals surface area contributed by atoms with Gasteiger partial charge in [-0.15, -0.1) is 11.3 Å². The summed E-state index contributed by atoms with van der Waals surface area (Å²) in [5, 5.41) is 0. The lowest BCUT2D eigenvalue weighted by molar-refractivity contribution is 0.0794. The second-order valence-electron chi connectivity index (χ2n) is 6.73. The summed E-state index contributed by atoms with van der Waals surface area (Å²) in [6, 6.07) is 10.3. The van der Waals surface area contributed by atoms with Crippen LogP contribution in [0.4, 0.5) is 0 Å². The topological polar surface area (TPSA) is 77.0 Å². The van der Waals surface area contributed by atoms with Crippen molar-refractivity contribution in [1.29, 1.82) is 0 Å². The van der Waals surface area contributed by atoms with E-state index in [1.807, 2.05) is 18.4 Å². The molecule has 0 saturated heterocycles. The van der Waals surface area contributed by atoms with Crippen LogP contribution in [0.1, 0.15) is 37.2 Å². The van der Waals surface area contributed by atoms with Crippen molar-refractivity contribution in [2.24, 2.45) is 4.99 Å². The summed E-state index contributed by atoms with van der Waals surface area (Å²) >= 11 is 1.44. The molecule has 2 amide bonds. The number of amides is 2. The molecule has 0 bridgehead atoms. The van der Waals surface area contributed by atoms with Gasteiger partial charge in [0, 0.05) is 30.2 Å². The Morgan fingerprint density at radius 2 is 1.97 bits per heavy atom. The molecule has 152 valence electrons. The van der Waals surface area contributed by atoms with E-state index in [1.54, 1.807) is 57.6 Å². The smallest absolute Gasteiger partial charge is 0.289 e. The number of benzene rings is 1. The fraction of sp³-hybridized carbons (Fsp3) is 0.286. The number of carbonyl (C=O) groups excluding carboxylic acids is 2. The second-order valence-corrected chi connectivity index (χ2v) is 7.91. The molecule has 0 aliphatic carbocycles. The summed E-state index contributed by atoms with van der Waals surface area (Å²) in [6.07, 6.45) is 0. The van der Waals surface area contributed by atoms with E-state index in [9.17, 15) is 9.59 Å². The highest BCUT2D eigenvalue weighted by molar-refractivity contribution is 7.09. The van der Waals surface area contributed by atoms with E-state index in [1.165, 1.54) is 16.2 Å². The monoisotopic (exact) mass is 413 g/mol. The predicted molar refractivity (Wildman–Crippen MR) is 110 cm³/mol. The fourth-order valence-corrected chi connectivity index (χ4v) is 3.70. The molecule has 0 atom stereocenters. The first-order valence-corrected chi connectivity index (χ1v) is 9.82. The molecular formula is C21H23N3O4S. The number of nitrogens with zero attached hydrogens (tertiary/aromatic N) is 3. The number of carbonyl (C=O) groups is 2. The van der Waals surface area contributed by atoms with Crippen molar-refractivity contribution in [2.45, 2.75) is 20.4 Å². The van der Waals surface area contributed by atoms with Crippen molar-refractivity contribution >= 4 is 23.2 Å². The van der Waals surface area contributed by atoms with Gasteiger partial charge < -0.3 is 18.6 Å². The van der Waals surface area contributed by atoms with Gasteiger partial charge in [-0.25, -0.2) is 0 Å². The van der Waals surface area contributed by atoms with Crippen molar-refractivity contribution in [2.75, 3.05) is 21.2 Å². The van der Waals surface area contributed by atoms with Crippen LogP contribution in [-0.2, 0) is 6.54 Å². The van der Waals surface area contributed by atoms with Gasteiger partial charge in [0.15, 0.2) is 10.6 Å². The molecule has 8 heteroatoms. The van der Waals surface area contributed by atoms with Crippen LogP contribution in [0.3, 0.4) is 0 Å². The molecule has 0 fully saturated rings. The van der Waals surface area contributed by atoms with Gasteiger partial charge in [0.1, 0.15) is 11.5 Å². The maximum absolute atomic E-state index is 12.7. The lowest BCUT2D eigenvalue weighted by Crippen LogP contribution is -2.21. The van der Waals surface area contributed by atoms with Crippen LogP contribution in [0.25, 0.3) is 0 Å². The molecule has 1 aromatic carbocycles. The average molecular weight is 413 g/mol. The van der Waals surface area contributed by atoms with Crippen LogP contribution in [0.2, 0.25) is 0 Å². The van der Waals surface area contributed by atoms with Crippen LogP contribution in [-0.4, -0.2) is 42.5 Å². The zero-order valence-electron chi connectivity index (χ0n) is 17.1. The average Bonchev–Trinajstić information content (AvgIpc) is 3.28. The maximum Gasteiger partial charge on any atom is 0.289 e. The fourth-order valence-electron chi connectivity index (χ4n) is 2.73. The Morgan fingerprint density at radius 1 is 1.21 bits per heavy atom. The lowest BCUT2D eigenvalue weighted by Gasteiger charge is -2.07. The van der Waals surface area contributed by atoms with Gasteiger partial charge in [-0.05, 0) is 44.2 Å². The van der Waals surface area contributed by atoms with E-state index >= 15 is 0 Å². The van der Waals surface area contributed by atoms with Crippen LogP contribution in [0.15, 0.2) is 45.8 Å². The minimum atomic E-state index is -0.346. The van der Waals surface area contributed by atoms with Gasteiger partial charge in [-0.1, -0.05) is 6.07 Å². The van der Waals surface area contributed by atoms with E-state index in [0.717, 1.165) is 10.6 Å². The zero-order valence-corrected chi connectivity index (χ0v) is 17.9. The van der Waals surface area contributed by atoms with Crippen molar-refractivity contribution in [1.82, 2.24) is 9.47 Å². The molecule has 0 spiro atoms. The van der Waals surface area contributed by atoms with Crippen LogP contribution in [0, 0.1) is 13.8 Å². The Morgan fingerprint density at radius 3 is 2.66 bits per heavy atom. The van der Waals surface area contributed by atoms with E-state index in [-0.39, 0.29) is 17.6 Å². The predicted octanol–water partition coefficient (Wildman–Crippen LogP) is 3.26. The van der Waals surface area contributed by atoms with E-state index in [2.05, 4.69) is 4.99 Å². The number of furan rings is 1. The summed E-state index contributed by atoms with van der Waals surface area (Å²) in [7, 11) is 4.90. The third-order valence-electron chi connectivity index (χ3n) is 4.50. The molecular weight excluding hydrogens is 390 g/mol. The van der Waals surface area contributed by atoms with E-state index in [0.29, 0.717) is 28.4 Å². The Kier molecular flexibility index (Phi) is 6.03. The molecule has 0 saturated carbocycles. The lowest BCUT2D eigenvalue weighted by atomic mass is 10.2. The van der Waals surface area contributed by atoms with E-state index < -0.39 is 0 Å². The summed E-state index contributed by atoms with van der Waals surface area (Å²) in [5.74, 6) is 0.957. The molecule has 0 aliphatic rings. The molecule has 3 rings (SSSR count). The number of ether oxygens (including phenoxy) is 1. The van der Waals surface area contributed by atoms with Crippen molar-refractivity contribution < 1.29 is 18.7 Å². The van der Waals surface area contributed by atoms with Gasteiger partial charge in [0.05, 0.1) is 13.7 Å². The SMILES string of the molecule is COc1cccc(C(=O)N=c2sc(C)c(C)n2Cc2ccc(C(=O)N(C)C)o2)c1. The van der Waals surface area contributed by atoms with E-state index in [4.69, 9.17) is 9.15 Å². The van der Waals surface area contributed by atoms with Gasteiger partial charge in [-0.2, -0.15) is 4.99 Å². The third-order valence-corrected chi connectivity index (χ3v) is 5.59. The Hall–Kier alpha value is -3.13. The highest BCUT2D eigenvalue weighted by Gasteiger charge is 2.15. The maximum atomic E-state index is 12.7. The largest absolute Gasteiger partial charge is 0.497 e. The van der Waals surface area contributed by atoms with Gasteiger partial charge in [0.25, 0.3) is 11.8 Å².